The lowest BCUT2D eigenvalue weighted by atomic mass is 10.2. The summed E-state index contributed by atoms with van der Waals surface area (Å²) in [5.41, 5.74) is 2.02. The van der Waals surface area contributed by atoms with Crippen molar-refractivity contribution in [3.63, 3.8) is 0 Å². The van der Waals surface area contributed by atoms with Crippen molar-refractivity contribution in [3.8, 4) is 10.6 Å². The minimum Gasteiger partial charge on any atom is -0.271 e. The van der Waals surface area contributed by atoms with Gasteiger partial charge in [0.05, 0.1) is 16.3 Å². The molecule has 24 heavy (non-hydrogen) atoms. The summed E-state index contributed by atoms with van der Waals surface area (Å²) in [5, 5.41) is 6.47. The van der Waals surface area contributed by atoms with Crippen LogP contribution in [0.25, 0.3) is 10.6 Å². The van der Waals surface area contributed by atoms with Crippen LogP contribution < -0.4 is 4.72 Å². The largest absolute Gasteiger partial charge is 0.271 e. The highest BCUT2D eigenvalue weighted by atomic mass is 32.2. The molecule has 0 aliphatic rings. The predicted octanol–water partition coefficient (Wildman–Crippen LogP) is 3.15. The summed E-state index contributed by atoms with van der Waals surface area (Å²) in [6.07, 6.45) is 2.75. The lowest BCUT2D eigenvalue weighted by Crippen LogP contribution is -2.27. The monoisotopic (exact) mass is 361 g/mol. The van der Waals surface area contributed by atoms with Crippen LogP contribution in [0, 0.1) is 0 Å². The number of aryl methyl sites for hydroxylation is 1. The Morgan fingerprint density at radius 1 is 1.17 bits per heavy atom. The van der Waals surface area contributed by atoms with Gasteiger partial charge in [-0.3, -0.25) is 4.68 Å². The fraction of sp³-hybridized carbons (Fsp3) is 0.235. The molecule has 0 atom stereocenters. The molecule has 126 valence electrons. The van der Waals surface area contributed by atoms with Gasteiger partial charge in [-0.05, 0) is 41.6 Å². The Balaban J connectivity index is 1.59. The standard InChI is InChI=1S/C17H19N3O2S2/c1-2-14-5-7-15(8-6-14)24(21,22)18-10-12-20-11-9-16(19-20)17-4-3-13-23-17/h3-9,11,13,18H,2,10,12H2,1H3. The first kappa shape index (κ1) is 16.9. The second-order valence-electron chi connectivity index (χ2n) is 5.34. The number of nitrogens with zero attached hydrogens (tertiary/aromatic N) is 2. The third-order valence-electron chi connectivity index (χ3n) is 3.69. The number of hydrogen-bond donors (Lipinski definition) is 1. The Morgan fingerprint density at radius 2 is 1.96 bits per heavy atom. The molecule has 0 radical (unpaired) electrons. The number of rotatable bonds is 7. The van der Waals surface area contributed by atoms with Gasteiger partial charge in [-0.1, -0.05) is 25.1 Å². The quantitative estimate of drug-likeness (QED) is 0.703. The second kappa shape index (κ2) is 7.29. The van der Waals surface area contributed by atoms with Crippen LogP contribution in [0.4, 0.5) is 0 Å². The van der Waals surface area contributed by atoms with Crippen molar-refractivity contribution in [2.24, 2.45) is 0 Å². The smallest absolute Gasteiger partial charge is 0.240 e. The van der Waals surface area contributed by atoms with E-state index in [9.17, 15) is 8.42 Å². The van der Waals surface area contributed by atoms with Gasteiger partial charge in [0.2, 0.25) is 10.0 Å². The average Bonchev–Trinajstić information content (AvgIpc) is 3.26. The van der Waals surface area contributed by atoms with Crippen LogP contribution in [-0.2, 0) is 23.0 Å². The number of sulfonamides is 1. The van der Waals surface area contributed by atoms with Crippen LogP contribution in [0.1, 0.15) is 12.5 Å². The topological polar surface area (TPSA) is 64.0 Å². The summed E-state index contributed by atoms with van der Waals surface area (Å²) < 4.78 is 28.9. The van der Waals surface area contributed by atoms with E-state index in [4.69, 9.17) is 0 Å². The van der Waals surface area contributed by atoms with E-state index in [1.165, 1.54) is 0 Å². The molecular weight excluding hydrogens is 342 g/mol. The van der Waals surface area contributed by atoms with Crippen LogP contribution in [-0.4, -0.2) is 24.7 Å². The number of thiophene rings is 1. The van der Waals surface area contributed by atoms with Crippen molar-refractivity contribution < 1.29 is 8.42 Å². The summed E-state index contributed by atoms with van der Waals surface area (Å²) in [4.78, 5) is 1.39. The SMILES string of the molecule is CCc1ccc(S(=O)(=O)NCCn2ccc(-c3cccs3)n2)cc1. The molecule has 0 bridgehead atoms. The maximum absolute atomic E-state index is 12.3. The predicted molar refractivity (Wildman–Crippen MR) is 96.5 cm³/mol. The van der Waals surface area contributed by atoms with Gasteiger partial charge in [0, 0.05) is 12.7 Å². The highest BCUT2D eigenvalue weighted by molar-refractivity contribution is 7.89. The van der Waals surface area contributed by atoms with E-state index >= 15 is 0 Å². The molecule has 0 saturated heterocycles. The van der Waals surface area contributed by atoms with Crippen molar-refractivity contribution in [3.05, 3.63) is 59.6 Å². The molecule has 0 spiro atoms. The Bertz CT molecular complexity index is 882. The van der Waals surface area contributed by atoms with E-state index in [0.29, 0.717) is 18.0 Å². The average molecular weight is 361 g/mol. The number of aromatic nitrogens is 2. The molecule has 0 amide bonds. The third-order valence-corrected chi connectivity index (χ3v) is 6.06. The maximum atomic E-state index is 12.3. The number of nitrogens with one attached hydrogen (secondary N) is 1. The normalized spacial score (nSPS) is 11.7. The number of benzene rings is 1. The first-order chi connectivity index (χ1) is 11.6. The molecule has 5 nitrogen and oxygen atoms in total. The Kier molecular flexibility index (Phi) is 5.13. The van der Waals surface area contributed by atoms with Crippen LogP contribution in [0.2, 0.25) is 0 Å². The molecule has 1 N–H and O–H groups in total. The van der Waals surface area contributed by atoms with Crippen molar-refractivity contribution in [2.45, 2.75) is 24.8 Å². The highest BCUT2D eigenvalue weighted by Crippen LogP contribution is 2.22. The molecule has 2 heterocycles. The first-order valence-corrected chi connectivity index (χ1v) is 10.1. The van der Waals surface area contributed by atoms with Crippen molar-refractivity contribution in [1.29, 1.82) is 0 Å². The Morgan fingerprint density at radius 3 is 2.62 bits per heavy atom. The second-order valence-corrected chi connectivity index (χ2v) is 8.05. The maximum Gasteiger partial charge on any atom is 0.240 e. The molecule has 3 rings (SSSR count). The van der Waals surface area contributed by atoms with E-state index in [1.807, 2.05) is 48.8 Å². The summed E-state index contributed by atoms with van der Waals surface area (Å²) in [5.74, 6) is 0. The fourth-order valence-corrected chi connectivity index (χ4v) is 4.04. The zero-order chi connectivity index (χ0) is 17.0. The van der Waals surface area contributed by atoms with Crippen LogP contribution in [0.5, 0.6) is 0 Å². The number of hydrogen-bond acceptors (Lipinski definition) is 4. The molecule has 3 aromatic rings. The van der Waals surface area contributed by atoms with Crippen molar-refractivity contribution in [1.82, 2.24) is 14.5 Å². The molecule has 0 aliphatic heterocycles. The van der Waals surface area contributed by atoms with Gasteiger partial charge >= 0.3 is 0 Å². The molecule has 0 aliphatic carbocycles. The minimum absolute atomic E-state index is 0.291. The van der Waals surface area contributed by atoms with Gasteiger partial charge in [0.25, 0.3) is 0 Å². The van der Waals surface area contributed by atoms with Gasteiger partial charge in [0.15, 0.2) is 0 Å². The van der Waals surface area contributed by atoms with Gasteiger partial charge in [0.1, 0.15) is 5.69 Å². The summed E-state index contributed by atoms with van der Waals surface area (Å²) in [6.45, 7) is 2.82. The van der Waals surface area contributed by atoms with Gasteiger partial charge < -0.3 is 0 Å². The summed E-state index contributed by atoms with van der Waals surface area (Å²) in [7, 11) is -3.48. The zero-order valence-electron chi connectivity index (χ0n) is 13.3. The van der Waals surface area contributed by atoms with Gasteiger partial charge in [-0.2, -0.15) is 5.10 Å². The van der Waals surface area contributed by atoms with Gasteiger partial charge in [-0.15, -0.1) is 11.3 Å². The van der Waals surface area contributed by atoms with Gasteiger partial charge in [-0.25, -0.2) is 13.1 Å². The molecular formula is C17H19N3O2S2. The minimum atomic E-state index is -3.48. The Labute approximate surface area is 146 Å². The van der Waals surface area contributed by atoms with E-state index < -0.39 is 10.0 Å². The third kappa shape index (κ3) is 3.92. The zero-order valence-corrected chi connectivity index (χ0v) is 15.0. The molecule has 0 unspecified atom stereocenters. The fourth-order valence-electron chi connectivity index (χ4n) is 2.32. The van der Waals surface area contributed by atoms with E-state index in [2.05, 4.69) is 9.82 Å². The summed E-state index contributed by atoms with van der Waals surface area (Å²) in [6, 6.07) is 12.9. The molecule has 0 fully saturated rings. The van der Waals surface area contributed by atoms with E-state index in [1.54, 1.807) is 28.2 Å². The summed E-state index contributed by atoms with van der Waals surface area (Å²) >= 11 is 1.63. The first-order valence-electron chi connectivity index (χ1n) is 7.74. The molecule has 1 aromatic carbocycles. The van der Waals surface area contributed by atoms with Crippen LogP contribution in [0.3, 0.4) is 0 Å². The van der Waals surface area contributed by atoms with Crippen LogP contribution >= 0.6 is 11.3 Å². The van der Waals surface area contributed by atoms with Crippen molar-refractivity contribution in [2.75, 3.05) is 6.54 Å². The van der Waals surface area contributed by atoms with E-state index in [-0.39, 0.29) is 0 Å². The lowest BCUT2D eigenvalue weighted by molar-refractivity contribution is 0.561. The van der Waals surface area contributed by atoms with Crippen molar-refractivity contribution >= 4 is 21.4 Å². The van der Waals surface area contributed by atoms with Crippen LogP contribution in [0.15, 0.2) is 58.9 Å². The molecule has 7 heteroatoms. The van der Waals surface area contributed by atoms with E-state index in [0.717, 1.165) is 22.6 Å². The molecule has 0 saturated carbocycles. The highest BCUT2D eigenvalue weighted by Gasteiger charge is 2.13. The Hall–Kier alpha value is -1.96. The molecule has 2 aromatic heterocycles. The lowest BCUT2D eigenvalue weighted by Gasteiger charge is -2.07.